The van der Waals surface area contributed by atoms with Crippen molar-refractivity contribution in [3.63, 3.8) is 0 Å². The quantitative estimate of drug-likeness (QED) is 0.613. The van der Waals surface area contributed by atoms with E-state index in [-0.39, 0.29) is 11.2 Å². The highest BCUT2D eigenvalue weighted by atomic mass is 19.1. The normalized spacial score (nSPS) is 16.5. The molecule has 0 aliphatic heterocycles. The summed E-state index contributed by atoms with van der Waals surface area (Å²) in [5.74, 6) is 0.617. The minimum atomic E-state index is -0.180. The van der Waals surface area contributed by atoms with Gasteiger partial charge in [-0.1, -0.05) is 31.0 Å². The molecule has 0 spiro atoms. The predicted molar refractivity (Wildman–Crippen MR) is 104 cm³/mol. The molecule has 0 bridgehead atoms. The van der Waals surface area contributed by atoms with Crippen LogP contribution in [-0.4, -0.2) is 24.0 Å². The molecule has 138 valence electrons. The van der Waals surface area contributed by atoms with Gasteiger partial charge in [-0.15, -0.1) is 0 Å². The third-order valence-corrected chi connectivity index (χ3v) is 5.08. The highest BCUT2D eigenvalue weighted by molar-refractivity contribution is 5.79. The number of hydrogen-bond acceptors (Lipinski definition) is 2. The summed E-state index contributed by atoms with van der Waals surface area (Å²) in [6, 6.07) is 12.8. The van der Waals surface area contributed by atoms with Crippen LogP contribution >= 0.6 is 0 Å². The van der Waals surface area contributed by atoms with Gasteiger partial charge in [-0.05, 0) is 49.6 Å². The monoisotopic (exact) mass is 354 g/mol. The maximum absolute atomic E-state index is 13.3. The first kappa shape index (κ1) is 18.4. The van der Waals surface area contributed by atoms with E-state index >= 15 is 0 Å². The molecule has 1 aromatic heterocycles. The van der Waals surface area contributed by atoms with Gasteiger partial charge in [0.15, 0.2) is 5.96 Å². The highest BCUT2D eigenvalue weighted by Gasteiger charge is 2.35. The Morgan fingerprint density at radius 3 is 2.54 bits per heavy atom. The van der Waals surface area contributed by atoms with Crippen LogP contribution in [0.5, 0.6) is 0 Å². The van der Waals surface area contributed by atoms with Gasteiger partial charge < -0.3 is 10.6 Å². The molecule has 0 atom stereocenters. The molecule has 1 aliphatic rings. The zero-order valence-electron chi connectivity index (χ0n) is 15.3. The third-order valence-electron chi connectivity index (χ3n) is 5.08. The lowest BCUT2D eigenvalue weighted by Crippen LogP contribution is -2.44. The van der Waals surface area contributed by atoms with Crippen LogP contribution in [0.3, 0.4) is 0 Å². The van der Waals surface area contributed by atoms with Crippen molar-refractivity contribution in [2.24, 2.45) is 4.99 Å². The summed E-state index contributed by atoms with van der Waals surface area (Å²) in [5, 5.41) is 6.81. The van der Waals surface area contributed by atoms with Gasteiger partial charge >= 0.3 is 0 Å². The average Bonchev–Trinajstić information content (AvgIpc) is 3.15. The maximum Gasteiger partial charge on any atom is 0.191 e. The molecular formula is C21H27FN4. The van der Waals surface area contributed by atoms with E-state index in [1.54, 1.807) is 18.3 Å². The number of hydrogen-bond donors (Lipinski definition) is 2. The van der Waals surface area contributed by atoms with Crippen molar-refractivity contribution in [1.29, 1.82) is 0 Å². The van der Waals surface area contributed by atoms with E-state index in [1.165, 1.54) is 18.4 Å². The molecule has 1 fully saturated rings. The number of pyridine rings is 1. The molecule has 3 rings (SSSR count). The van der Waals surface area contributed by atoms with E-state index in [9.17, 15) is 4.39 Å². The topological polar surface area (TPSA) is 49.3 Å². The fourth-order valence-corrected chi connectivity index (χ4v) is 3.67. The van der Waals surface area contributed by atoms with Gasteiger partial charge in [0.2, 0.25) is 0 Å². The van der Waals surface area contributed by atoms with Crippen LogP contribution in [0.4, 0.5) is 4.39 Å². The van der Waals surface area contributed by atoms with Crippen molar-refractivity contribution in [3.8, 4) is 0 Å². The first-order valence-corrected chi connectivity index (χ1v) is 9.40. The maximum atomic E-state index is 13.3. The number of nitrogens with zero attached hydrogens (tertiary/aromatic N) is 2. The van der Waals surface area contributed by atoms with Gasteiger partial charge in [0.1, 0.15) is 5.82 Å². The van der Waals surface area contributed by atoms with Crippen LogP contribution in [0, 0.1) is 5.82 Å². The lowest BCUT2D eigenvalue weighted by molar-refractivity contribution is 0.431. The Balaban J connectivity index is 1.70. The van der Waals surface area contributed by atoms with Crippen LogP contribution in [-0.2, 0) is 12.0 Å². The van der Waals surface area contributed by atoms with E-state index in [2.05, 4.69) is 27.5 Å². The summed E-state index contributed by atoms with van der Waals surface area (Å²) in [5.41, 5.74) is 2.21. The van der Waals surface area contributed by atoms with Gasteiger partial charge in [0.25, 0.3) is 0 Å². The van der Waals surface area contributed by atoms with Crippen LogP contribution in [0.15, 0.2) is 53.7 Å². The number of guanidine groups is 1. The van der Waals surface area contributed by atoms with Crippen molar-refractivity contribution in [2.45, 2.75) is 44.6 Å². The Kier molecular flexibility index (Phi) is 6.21. The molecule has 1 aromatic carbocycles. The summed E-state index contributed by atoms with van der Waals surface area (Å²) in [6.45, 7) is 4.20. The summed E-state index contributed by atoms with van der Waals surface area (Å²) in [4.78, 5) is 8.98. The fraction of sp³-hybridized carbons (Fsp3) is 0.429. The molecule has 1 heterocycles. The first-order chi connectivity index (χ1) is 12.7. The van der Waals surface area contributed by atoms with E-state index in [4.69, 9.17) is 0 Å². The van der Waals surface area contributed by atoms with Crippen LogP contribution in [0.25, 0.3) is 0 Å². The smallest absolute Gasteiger partial charge is 0.191 e. The molecule has 26 heavy (non-hydrogen) atoms. The minimum absolute atomic E-state index is 0.0505. The molecule has 0 saturated heterocycles. The average molecular weight is 354 g/mol. The lowest BCUT2D eigenvalue weighted by atomic mass is 9.79. The van der Waals surface area contributed by atoms with E-state index in [0.717, 1.165) is 37.6 Å². The Morgan fingerprint density at radius 2 is 1.88 bits per heavy atom. The van der Waals surface area contributed by atoms with Crippen molar-refractivity contribution in [1.82, 2.24) is 15.6 Å². The molecule has 4 nitrogen and oxygen atoms in total. The standard InChI is InChI=1S/C21H27FN4/c1-2-23-20(25-15-19-7-3-6-14-24-19)26-16-21(12-4-5-13-21)17-8-10-18(22)11-9-17/h3,6-11,14H,2,4-5,12-13,15-16H2,1H3,(H2,23,25,26). The van der Waals surface area contributed by atoms with Crippen LogP contribution < -0.4 is 10.6 Å². The number of rotatable bonds is 6. The van der Waals surface area contributed by atoms with E-state index in [1.807, 2.05) is 30.3 Å². The zero-order chi connectivity index (χ0) is 18.2. The Morgan fingerprint density at radius 1 is 1.12 bits per heavy atom. The molecule has 1 aliphatic carbocycles. The zero-order valence-corrected chi connectivity index (χ0v) is 15.3. The fourth-order valence-electron chi connectivity index (χ4n) is 3.67. The SMILES string of the molecule is CCNC(=NCc1ccccn1)NCC1(c2ccc(F)cc2)CCCC1. The number of halogens is 1. The van der Waals surface area contributed by atoms with Gasteiger partial charge in [-0.3, -0.25) is 4.98 Å². The Labute approximate surface area is 155 Å². The van der Waals surface area contributed by atoms with Crippen LogP contribution in [0.1, 0.15) is 43.9 Å². The Bertz CT molecular complexity index is 707. The summed E-state index contributed by atoms with van der Waals surface area (Å²) in [6.07, 6.45) is 6.44. The van der Waals surface area contributed by atoms with Gasteiger partial charge in [-0.2, -0.15) is 0 Å². The summed E-state index contributed by atoms with van der Waals surface area (Å²) in [7, 11) is 0. The lowest BCUT2D eigenvalue weighted by Gasteiger charge is -2.31. The number of aromatic nitrogens is 1. The highest BCUT2D eigenvalue weighted by Crippen LogP contribution is 2.40. The second-order valence-electron chi connectivity index (χ2n) is 6.86. The summed E-state index contributed by atoms with van der Waals surface area (Å²) >= 11 is 0. The molecule has 0 amide bonds. The molecular weight excluding hydrogens is 327 g/mol. The van der Waals surface area contributed by atoms with Crippen molar-refractivity contribution in [3.05, 3.63) is 65.7 Å². The number of aliphatic imine (C=N–C) groups is 1. The van der Waals surface area contributed by atoms with Crippen LogP contribution in [0.2, 0.25) is 0 Å². The van der Waals surface area contributed by atoms with Gasteiger partial charge in [0, 0.05) is 24.7 Å². The van der Waals surface area contributed by atoms with Crippen molar-refractivity contribution in [2.75, 3.05) is 13.1 Å². The first-order valence-electron chi connectivity index (χ1n) is 9.40. The molecule has 1 saturated carbocycles. The van der Waals surface area contributed by atoms with E-state index in [0.29, 0.717) is 6.54 Å². The van der Waals surface area contributed by atoms with Gasteiger partial charge in [0.05, 0.1) is 12.2 Å². The molecule has 0 radical (unpaired) electrons. The second kappa shape index (κ2) is 8.79. The third kappa shape index (κ3) is 4.59. The van der Waals surface area contributed by atoms with Crippen molar-refractivity contribution >= 4 is 5.96 Å². The van der Waals surface area contributed by atoms with Crippen molar-refractivity contribution < 1.29 is 4.39 Å². The number of benzene rings is 1. The van der Waals surface area contributed by atoms with E-state index < -0.39 is 0 Å². The summed E-state index contributed by atoms with van der Waals surface area (Å²) < 4.78 is 13.3. The molecule has 0 unspecified atom stereocenters. The Hall–Kier alpha value is -2.43. The molecule has 2 aromatic rings. The second-order valence-corrected chi connectivity index (χ2v) is 6.86. The molecule has 5 heteroatoms. The number of nitrogens with one attached hydrogen (secondary N) is 2. The largest absolute Gasteiger partial charge is 0.357 e. The van der Waals surface area contributed by atoms with Gasteiger partial charge in [-0.25, -0.2) is 9.38 Å². The predicted octanol–water partition coefficient (Wildman–Crippen LogP) is 3.79. The molecule has 2 N–H and O–H groups in total. The minimum Gasteiger partial charge on any atom is -0.357 e.